The molecule has 0 spiro atoms. The Labute approximate surface area is 132 Å². The van der Waals surface area contributed by atoms with Crippen molar-refractivity contribution >= 4 is 22.4 Å². The normalized spacial score (nSPS) is 24.9. The van der Waals surface area contributed by atoms with Crippen LogP contribution in [0.3, 0.4) is 0 Å². The summed E-state index contributed by atoms with van der Waals surface area (Å²) in [4.78, 5) is 0.303. The van der Waals surface area contributed by atoms with Crippen molar-refractivity contribution in [2.24, 2.45) is 13.0 Å². The quantitative estimate of drug-likeness (QED) is 0.895. The lowest BCUT2D eigenvalue weighted by molar-refractivity contribution is 0.234. The highest BCUT2D eigenvalue weighted by Crippen LogP contribution is 2.28. The molecule has 0 aliphatic carbocycles. The molecule has 1 aromatic heterocycles. The van der Waals surface area contributed by atoms with Crippen molar-refractivity contribution in [3.8, 4) is 0 Å². The number of sulfonamides is 1. The Balaban J connectivity index is 0.00000161. The summed E-state index contributed by atoms with van der Waals surface area (Å²) in [5.41, 5.74) is 0. The summed E-state index contributed by atoms with van der Waals surface area (Å²) in [5.74, 6) is 0.623. The van der Waals surface area contributed by atoms with Crippen LogP contribution in [0.1, 0.15) is 25.7 Å². The Hall–Kier alpha value is -0.630. The number of piperidine rings is 1. The molecule has 2 aliphatic heterocycles. The molecule has 1 atom stereocenters. The molecule has 8 heteroatoms. The second kappa shape index (κ2) is 6.64. The molecule has 0 saturated carbocycles. The SMILES string of the molecule is Cl.Cn1cc(S(=O)(=O)N2CCC(C3CCCN3)CC2)cn1. The van der Waals surface area contributed by atoms with E-state index in [4.69, 9.17) is 0 Å². The van der Waals surface area contributed by atoms with Gasteiger partial charge in [0, 0.05) is 32.4 Å². The first-order valence-electron chi connectivity index (χ1n) is 7.29. The van der Waals surface area contributed by atoms with Gasteiger partial charge >= 0.3 is 0 Å². The number of hydrogen-bond donors (Lipinski definition) is 1. The molecule has 3 heterocycles. The third-order valence-electron chi connectivity index (χ3n) is 4.49. The van der Waals surface area contributed by atoms with Crippen LogP contribution < -0.4 is 5.32 Å². The van der Waals surface area contributed by atoms with E-state index in [1.807, 2.05) is 0 Å². The molecular formula is C13H23ClN4O2S. The zero-order chi connectivity index (χ0) is 14.2. The number of aromatic nitrogens is 2. The molecule has 6 nitrogen and oxygen atoms in total. The van der Waals surface area contributed by atoms with E-state index in [1.54, 1.807) is 17.5 Å². The zero-order valence-electron chi connectivity index (χ0n) is 12.2. The van der Waals surface area contributed by atoms with Gasteiger partial charge in [0.2, 0.25) is 10.0 Å². The molecule has 2 saturated heterocycles. The standard InChI is InChI=1S/C13H22N4O2S.ClH/c1-16-10-12(9-15-16)20(18,19)17-7-4-11(5-8-17)13-3-2-6-14-13;/h9-11,13-14H,2-8H2,1H3;1H. The summed E-state index contributed by atoms with van der Waals surface area (Å²) in [6.07, 6.45) is 7.40. The van der Waals surface area contributed by atoms with Gasteiger partial charge in [0.05, 0.1) is 6.20 Å². The lowest BCUT2D eigenvalue weighted by atomic mass is 9.89. The Bertz CT molecular complexity index is 560. The average Bonchev–Trinajstić information content (AvgIpc) is 3.10. The monoisotopic (exact) mass is 334 g/mol. The smallest absolute Gasteiger partial charge is 0.246 e. The van der Waals surface area contributed by atoms with E-state index in [0.29, 0.717) is 29.9 Å². The van der Waals surface area contributed by atoms with Crippen LogP contribution in [0.2, 0.25) is 0 Å². The van der Waals surface area contributed by atoms with Gasteiger partial charge in [0.25, 0.3) is 0 Å². The molecule has 1 aromatic rings. The number of halogens is 1. The first-order valence-corrected chi connectivity index (χ1v) is 8.73. The minimum Gasteiger partial charge on any atom is -0.314 e. The van der Waals surface area contributed by atoms with Crippen molar-refractivity contribution in [2.75, 3.05) is 19.6 Å². The summed E-state index contributed by atoms with van der Waals surface area (Å²) in [6.45, 7) is 2.36. The molecule has 0 amide bonds. The van der Waals surface area contributed by atoms with Gasteiger partial charge in [-0.3, -0.25) is 4.68 Å². The van der Waals surface area contributed by atoms with Crippen molar-refractivity contribution in [1.29, 1.82) is 0 Å². The van der Waals surface area contributed by atoms with Crippen molar-refractivity contribution in [2.45, 2.75) is 36.6 Å². The van der Waals surface area contributed by atoms with E-state index in [9.17, 15) is 8.42 Å². The van der Waals surface area contributed by atoms with Crippen LogP contribution in [-0.2, 0) is 17.1 Å². The van der Waals surface area contributed by atoms with Crippen molar-refractivity contribution < 1.29 is 8.42 Å². The average molecular weight is 335 g/mol. The Kier molecular flexibility index (Phi) is 5.29. The van der Waals surface area contributed by atoms with Gasteiger partial charge in [-0.25, -0.2) is 8.42 Å². The van der Waals surface area contributed by atoms with Crippen LogP contribution in [0.15, 0.2) is 17.3 Å². The summed E-state index contributed by atoms with van der Waals surface area (Å²) in [5, 5.41) is 7.49. The molecule has 120 valence electrons. The number of hydrogen-bond acceptors (Lipinski definition) is 4. The Morgan fingerprint density at radius 2 is 2.00 bits per heavy atom. The first kappa shape index (κ1) is 16.7. The number of aryl methyl sites for hydroxylation is 1. The Morgan fingerprint density at radius 1 is 1.29 bits per heavy atom. The first-order chi connectivity index (χ1) is 9.57. The van der Waals surface area contributed by atoms with Gasteiger partial charge in [-0.2, -0.15) is 9.40 Å². The molecule has 0 aromatic carbocycles. The van der Waals surface area contributed by atoms with Crippen LogP contribution in [0.5, 0.6) is 0 Å². The molecular weight excluding hydrogens is 312 g/mol. The fourth-order valence-electron chi connectivity index (χ4n) is 3.31. The second-order valence-electron chi connectivity index (χ2n) is 5.79. The highest BCUT2D eigenvalue weighted by molar-refractivity contribution is 7.89. The Morgan fingerprint density at radius 3 is 2.52 bits per heavy atom. The summed E-state index contributed by atoms with van der Waals surface area (Å²) >= 11 is 0. The van der Waals surface area contributed by atoms with Gasteiger partial charge in [-0.05, 0) is 38.1 Å². The molecule has 3 rings (SSSR count). The van der Waals surface area contributed by atoms with Crippen molar-refractivity contribution in [1.82, 2.24) is 19.4 Å². The van der Waals surface area contributed by atoms with Gasteiger partial charge in [-0.1, -0.05) is 0 Å². The third kappa shape index (κ3) is 3.41. The minimum atomic E-state index is -3.36. The van der Waals surface area contributed by atoms with Gasteiger partial charge in [0.1, 0.15) is 4.90 Å². The molecule has 1 N–H and O–H groups in total. The van der Waals surface area contributed by atoms with Crippen LogP contribution in [0.25, 0.3) is 0 Å². The van der Waals surface area contributed by atoms with Gasteiger partial charge in [0.15, 0.2) is 0 Å². The lowest BCUT2D eigenvalue weighted by Gasteiger charge is -2.33. The zero-order valence-corrected chi connectivity index (χ0v) is 13.9. The summed E-state index contributed by atoms with van der Waals surface area (Å²) in [7, 11) is -1.63. The van der Waals surface area contributed by atoms with Crippen LogP contribution in [-0.4, -0.2) is 48.2 Å². The van der Waals surface area contributed by atoms with Crippen LogP contribution in [0.4, 0.5) is 0 Å². The molecule has 21 heavy (non-hydrogen) atoms. The van der Waals surface area contributed by atoms with Crippen LogP contribution in [0, 0.1) is 5.92 Å². The number of nitrogens with zero attached hydrogens (tertiary/aromatic N) is 3. The third-order valence-corrected chi connectivity index (χ3v) is 6.34. The maximum absolute atomic E-state index is 12.5. The minimum absolute atomic E-state index is 0. The van der Waals surface area contributed by atoms with Gasteiger partial charge < -0.3 is 5.32 Å². The summed E-state index contributed by atoms with van der Waals surface area (Å²) in [6, 6.07) is 0.596. The topological polar surface area (TPSA) is 67.2 Å². The lowest BCUT2D eigenvalue weighted by Crippen LogP contribution is -2.43. The van der Waals surface area contributed by atoms with Crippen molar-refractivity contribution in [3.63, 3.8) is 0 Å². The highest BCUT2D eigenvalue weighted by atomic mass is 35.5. The van der Waals surface area contributed by atoms with E-state index in [-0.39, 0.29) is 12.4 Å². The summed E-state index contributed by atoms with van der Waals surface area (Å²) < 4.78 is 28.1. The molecule has 0 radical (unpaired) electrons. The fraction of sp³-hybridized carbons (Fsp3) is 0.769. The maximum atomic E-state index is 12.5. The number of rotatable bonds is 3. The van der Waals surface area contributed by atoms with E-state index in [2.05, 4.69) is 10.4 Å². The highest BCUT2D eigenvalue weighted by Gasteiger charge is 2.33. The molecule has 0 bridgehead atoms. The second-order valence-corrected chi connectivity index (χ2v) is 7.73. The molecule has 1 unspecified atom stereocenters. The van der Waals surface area contributed by atoms with E-state index >= 15 is 0 Å². The predicted octanol–water partition coefficient (Wildman–Crippen LogP) is 0.995. The van der Waals surface area contributed by atoms with Gasteiger partial charge in [-0.15, -0.1) is 12.4 Å². The van der Waals surface area contributed by atoms with E-state index < -0.39 is 10.0 Å². The van der Waals surface area contributed by atoms with Crippen molar-refractivity contribution in [3.05, 3.63) is 12.4 Å². The fourth-order valence-corrected chi connectivity index (χ4v) is 4.77. The predicted molar refractivity (Wildman–Crippen MR) is 83.0 cm³/mol. The van der Waals surface area contributed by atoms with E-state index in [0.717, 1.165) is 19.4 Å². The number of nitrogens with one attached hydrogen (secondary N) is 1. The van der Waals surface area contributed by atoms with E-state index in [1.165, 1.54) is 23.7 Å². The van der Waals surface area contributed by atoms with Crippen LogP contribution >= 0.6 is 12.4 Å². The molecule has 2 fully saturated rings. The maximum Gasteiger partial charge on any atom is 0.246 e. The largest absolute Gasteiger partial charge is 0.314 e. The molecule has 2 aliphatic rings.